The lowest BCUT2D eigenvalue weighted by Gasteiger charge is -2.19. The maximum Gasteiger partial charge on any atom is 0.0340 e. The molecule has 20 heavy (non-hydrogen) atoms. The average Bonchev–Trinajstić information content (AvgIpc) is 3.01. The van der Waals surface area contributed by atoms with Crippen LogP contribution in [0.5, 0.6) is 0 Å². The zero-order valence-electron chi connectivity index (χ0n) is 12.4. The highest BCUT2D eigenvalue weighted by Crippen LogP contribution is 2.20. The molecule has 1 aliphatic carbocycles. The molecule has 1 saturated heterocycles. The van der Waals surface area contributed by atoms with Crippen LogP contribution in [-0.2, 0) is 6.54 Å². The summed E-state index contributed by atoms with van der Waals surface area (Å²) in [6, 6.07) is 9.04. The number of hydrogen-bond acceptors (Lipinski definition) is 2. The van der Waals surface area contributed by atoms with Gasteiger partial charge in [0.05, 0.1) is 0 Å². The molecule has 0 bridgehead atoms. The molecule has 108 valence electrons. The Morgan fingerprint density at radius 2 is 1.85 bits per heavy atom. The molecule has 1 unspecified atom stereocenters. The van der Waals surface area contributed by atoms with E-state index in [1.807, 2.05) is 0 Å². The summed E-state index contributed by atoms with van der Waals surface area (Å²) < 4.78 is 0. The fourth-order valence-electron chi connectivity index (χ4n) is 3.23. The van der Waals surface area contributed by atoms with Crippen LogP contribution in [0.2, 0.25) is 0 Å². The average molecular weight is 270 g/mol. The van der Waals surface area contributed by atoms with Crippen LogP contribution < -0.4 is 5.32 Å². The minimum Gasteiger partial charge on any atom is -0.385 e. The maximum absolute atomic E-state index is 3.59. The number of hydrogen-bond donors (Lipinski definition) is 1. The summed E-state index contributed by atoms with van der Waals surface area (Å²) >= 11 is 0. The topological polar surface area (TPSA) is 15.3 Å². The van der Waals surface area contributed by atoms with Gasteiger partial charge in [-0.05, 0) is 68.8 Å². The molecule has 0 spiro atoms. The summed E-state index contributed by atoms with van der Waals surface area (Å²) in [5.74, 6) is 0.810. The number of nitrogens with one attached hydrogen (secondary N) is 1. The lowest BCUT2D eigenvalue weighted by atomic mass is 9.94. The van der Waals surface area contributed by atoms with Crippen LogP contribution in [-0.4, -0.2) is 24.5 Å². The monoisotopic (exact) mass is 270 g/mol. The molecular weight excluding hydrogens is 244 g/mol. The summed E-state index contributed by atoms with van der Waals surface area (Å²) in [7, 11) is 0. The summed E-state index contributed by atoms with van der Waals surface area (Å²) in [6.07, 6.45) is 11.2. The number of allylic oxidation sites excluding steroid dienone is 2. The molecule has 1 aromatic rings. The second-order valence-corrected chi connectivity index (χ2v) is 6.21. The first kappa shape index (κ1) is 13.7. The van der Waals surface area contributed by atoms with E-state index in [4.69, 9.17) is 0 Å². The minimum atomic E-state index is 0.810. The van der Waals surface area contributed by atoms with Gasteiger partial charge >= 0.3 is 0 Å². The van der Waals surface area contributed by atoms with Crippen LogP contribution in [0.25, 0.3) is 0 Å². The zero-order valence-corrected chi connectivity index (χ0v) is 12.4. The Morgan fingerprint density at radius 1 is 1.05 bits per heavy atom. The van der Waals surface area contributed by atoms with Crippen LogP contribution in [0.15, 0.2) is 36.4 Å². The third-order valence-corrected chi connectivity index (χ3v) is 4.53. The Bertz CT molecular complexity index is 429. The molecule has 0 saturated carbocycles. The van der Waals surface area contributed by atoms with Crippen molar-refractivity contribution < 1.29 is 0 Å². The van der Waals surface area contributed by atoms with E-state index in [0.29, 0.717) is 0 Å². The van der Waals surface area contributed by atoms with E-state index in [2.05, 4.69) is 46.6 Å². The predicted octanol–water partition coefficient (Wildman–Crippen LogP) is 4.05. The van der Waals surface area contributed by atoms with E-state index in [0.717, 1.165) is 19.0 Å². The Hall–Kier alpha value is -1.28. The maximum atomic E-state index is 3.59. The van der Waals surface area contributed by atoms with Crippen LogP contribution in [0.1, 0.15) is 37.7 Å². The van der Waals surface area contributed by atoms with Gasteiger partial charge in [-0.15, -0.1) is 0 Å². The van der Waals surface area contributed by atoms with Crippen LogP contribution in [0.4, 0.5) is 5.69 Å². The molecule has 2 heteroatoms. The molecule has 3 rings (SSSR count). The fourth-order valence-corrected chi connectivity index (χ4v) is 3.23. The van der Waals surface area contributed by atoms with Crippen molar-refractivity contribution in [1.29, 1.82) is 0 Å². The summed E-state index contributed by atoms with van der Waals surface area (Å²) in [4.78, 5) is 2.55. The Labute approximate surface area is 122 Å². The molecule has 1 aliphatic heterocycles. The van der Waals surface area contributed by atoms with Crippen LogP contribution in [0.3, 0.4) is 0 Å². The minimum absolute atomic E-state index is 0.810. The molecule has 1 aromatic carbocycles. The first-order chi connectivity index (χ1) is 9.90. The van der Waals surface area contributed by atoms with Crippen LogP contribution >= 0.6 is 0 Å². The highest BCUT2D eigenvalue weighted by molar-refractivity contribution is 5.44. The highest BCUT2D eigenvalue weighted by atomic mass is 15.1. The van der Waals surface area contributed by atoms with Gasteiger partial charge in [-0.25, -0.2) is 0 Å². The Balaban J connectivity index is 1.46. The SMILES string of the molecule is C1=CCC(CNc2ccc(CN3CCCC3)cc2)CC1. The molecule has 0 aromatic heterocycles. The third kappa shape index (κ3) is 3.86. The lowest BCUT2D eigenvalue weighted by molar-refractivity contribution is 0.331. The van der Waals surface area contributed by atoms with E-state index in [9.17, 15) is 0 Å². The molecule has 0 amide bonds. The van der Waals surface area contributed by atoms with Crippen molar-refractivity contribution in [2.75, 3.05) is 25.0 Å². The zero-order chi connectivity index (χ0) is 13.6. The van der Waals surface area contributed by atoms with Gasteiger partial charge in [-0.1, -0.05) is 24.3 Å². The summed E-state index contributed by atoms with van der Waals surface area (Å²) in [6.45, 7) is 4.77. The van der Waals surface area contributed by atoms with Gasteiger partial charge in [0.1, 0.15) is 0 Å². The van der Waals surface area contributed by atoms with Crippen molar-refractivity contribution in [3.63, 3.8) is 0 Å². The van der Waals surface area contributed by atoms with Crippen molar-refractivity contribution in [2.24, 2.45) is 5.92 Å². The number of anilines is 1. The van der Waals surface area contributed by atoms with Gasteiger partial charge in [0.15, 0.2) is 0 Å². The Kier molecular flexibility index (Phi) is 4.75. The van der Waals surface area contributed by atoms with Crippen molar-refractivity contribution in [2.45, 2.75) is 38.6 Å². The molecule has 1 N–H and O–H groups in total. The first-order valence-electron chi connectivity index (χ1n) is 8.10. The molecular formula is C18H26N2. The van der Waals surface area contributed by atoms with Crippen molar-refractivity contribution in [3.05, 3.63) is 42.0 Å². The lowest BCUT2D eigenvalue weighted by Crippen LogP contribution is -2.18. The number of nitrogens with zero attached hydrogens (tertiary/aromatic N) is 1. The van der Waals surface area contributed by atoms with Crippen LogP contribution in [0, 0.1) is 5.92 Å². The summed E-state index contributed by atoms with van der Waals surface area (Å²) in [5, 5.41) is 3.59. The first-order valence-corrected chi connectivity index (χ1v) is 8.10. The predicted molar refractivity (Wildman–Crippen MR) is 85.9 cm³/mol. The molecule has 1 fully saturated rings. The molecule has 1 heterocycles. The standard InChI is InChI=1S/C18H26N2/c1-2-6-16(7-3-1)14-19-18-10-8-17(9-11-18)15-20-12-4-5-13-20/h1-2,8-11,16,19H,3-7,12-15H2. The quantitative estimate of drug-likeness (QED) is 0.812. The highest BCUT2D eigenvalue weighted by Gasteiger charge is 2.12. The van der Waals surface area contributed by atoms with Gasteiger partial charge in [0, 0.05) is 18.8 Å². The van der Waals surface area contributed by atoms with Gasteiger partial charge in [-0.2, -0.15) is 0 Å². The number of likely N-dealkylation sites (tertiary alicyclic amines) is 1. The fraction of sp³-hybridized carbons (Fsp3) is 0.556. The van der Waals surface area contributed by atoms with Crippen molar-refractivity contribution >= 4 is 5.69 Å². The van der Waals surface area contributed by atoms with E-state index < -0.39 is 0 Å². The van der Waals surface area contributed by atoms with Crippen molar-refractivity contribution in [3.8, 4) is 0 Å². The van der Waals surface area contributed by atoms with Gasteiger partial charge in [0.25, 0.3) is 0 Å². The normalized spacial score (nSPS) is 23.1. The molecule has 1 atom stereocenters. The van der Waals surface area contributed by atoms with Gasteiger partial charge in [-0.3, -0.25) is 4.90 Å². The largest absolute Gasteiger partial charge is 0.385 e. The van der Waals surface area contributed by atoms with E-state index in [-0.39, 0.29) is 0 Å². The van der Waals surface area contributed by atoms with Crippen molar-refractivity contribution in [1.82, 2.24) is 4.90 Å². The van der Waals surface area contributed by atoms with E-state index in [1.165, 1.54) is 56.4 Å². The third-order valence-electron chi connectivity index (χ3n) is 4.53. The molecule has 0 radical (unpaired) electrons. The Morgan fingerprint density at radius 3 is 2.55 bits per heavy atom. The number of rotatable bonds is 5. The van der Waals surface area contributed by atoms with Gasteiger partial charge in [0.2, 0.25) is 0 Å². The van der Waals surface area contributed by atoms with E-state index >= 15 is 0 Å². The number of benzene rings is 1. The van der Waals surface area contributed by atoms with E-state index in [1.54, 1.807) is 0 Å². The van der Waals surface area contributed by atoms with Gasteiger partial charge < -0.3 is 5.32 Å². The second kappa shape index (κ2) is 6.94. The molecule has 2 nitrogen and oxygen atoms in total. The second-order valence-electron chi connectivity index (χ2n) is 6.21. The summed E-state index contributed by atoms with van der Waals surface area (Å²) in [5.41, 5.74) is 2.71. The molecule has 2 aliphatic rings. The smallest absolute Gasteiger partial charge is 0.0340 e.